The number of carboxylic acids is 1. The summed E-state index contributed by atoms with van der Waals surface area (Å²) in [5.41, 5.74) is 0.650. The number of aromatic nitrogens is 3. The maximum Gasteiger partial charge on any atom is 0.305 e. The highest BCUT2D eigenvalue weighted by Gasteiger charge is 2.19. The number of aliphatic carboxylic acids is 1. The van der Waals surface area contributed by atoms with Crippen LogP contribution in [0.15, 0.2) is 52.2 Å². The van der Waals surface area contributed by atoms with Gasteiger partial charge in [-0.15, -0.1) is 0 Å². The van der Waals surface area contributed by atoms with Crippen molar-refractivity contribution in [3.63, 3.8) is 0 Å². The van der Waals surface area contributed by atoms with E-state index in [9.17, 15) is 32.6 Å². The number of nitrogens with zero attached hydrogens (tertiary/aromatic N) is 1. The number of pyridine rings is 1. The Morgan fingerprint density at radius 3 is 2.61 bits per heavy atom. The van der Waals surface area contributed by atoms with Crippen LogP contribution in [0.2, 0.25) is 0 Å². The Labute approximate surface area is 203 Å². The topological polar surface area (TPSA) is 185 Å². The zero-order chi connectivity index (χ0) is 26.0. The lowest BCUT2D eigenvalue weighted by molar-refractivity contribution is -0.139. The number of hydrogen-bond donors (Lipinski definition) is 6. The molecule has 13 heteroatoms. The molecule has 0 aliphatic carbocycles. The van der Waals surface area contributed by atoms with E-state index < -0.39 is 46.0 Å². The summed E-state index contributed by atoms with van der Waals surface area (Å²) in [6, 6.07) is 9.81. The van der Waals surface area contributed by atoms with Crippen molar-refractivity contribution in [3.05, 3.63) is 58.6 Å². The molecule has 0 aliphatic rings. The largest absolute Gasteiger partial charge is 0.481 e. The Kier molecular flexibility index (Phi) is 7.17. The monoisotopic (exact) mass is 518 g/mol. The molecule has 0 spiro atoms. The van der Waals surface area contributed by atoms with E-state index in [-0.39, 0.29) is 41.1 Å². The smallest absolute Gasteiger partial charge is 0.305 e. The molecule has 0 amide bonds. The van der Waals surface area contributed by atoms with Gasteiger partial charge in [0.2, 0.25) is 10.0 Å². The van der Waals surface area contributed by atoms with Crippen molar-refractivity contribution >= 4 is 37.9 Å². The van der Waals surface area contributed by atoms with Crippen LogP contribution in [0.25, 0.3) is 33.3 Å². The first-order valence-electron chi connectivity index (χ1n) is 10.9. The summed E-state index contributed by atoms with van der Waals surface area (Å²) in [7, 11) is -3.98. The van der Waals surface area contributed by atoms with Crippen LogP contribution in [0, 0.1) is 5.82 Å². The molecule has 0 fully saturated rings. The molecular formula is C23H23FN4O7S. The number of hydrogen-bond acceptors (Lipinski definition) is 7. The van der Waals surface area contributed by atoms with E-state index in [1.807, 2.05) is 0 Å². The lowest BCUT2D eigenvalue weighted by atomic mass is 10.1. The minimum absolute atomic E-state index is 0.0341. The molecule has 190 valence electrons. The van der Waals surface area contributed by atoms with Gasteiger partial charge in [0, 0.05) is 11.9 Å². The van der Waals surface area contributed by atoms with Gasteiger partial charge in [-0.05, 0) is 49.2 Å². The van der Waals surface area contributed by atoms with E-state index in [4.69, 9.17) is 5.11 Å². The Hall–Kier alpha value is -3.65. The summed E-state index contributed by atoms with van der Waals surface area (Å²) >= 11 is 0. The van der Waals surface area contributed by atoms with Crippen LogP contribution in [0.3, 0.4) is 0 Å². The number of nitrogens with one attached hydrogen (secondary N) is 3. The Bertz CT molecular complexity index is 1600. The van der Waals surface area contributed by atoms with Crippen LogP contribution in [-0.4, -0.2) is 63.4 Å². The molecule has 2 aromatic carbocycles. The maximum atomic E-state index is 14.2. The predicted octanol–water partition coefficient (Wildman–Crippen LogP) is 1.47. The summed E-state index contributed by atoms with van der Waals surface area (Å²) in [6.45, 7) is -0.145. The highest BCUT2D eigenvalue weighted by Crippen LogP contribution is 2.24. The second-order valence-electron chi connectivity index (χ2n) is 8.31. The van der Waals surface area contributed by atoms with E-state index in [1.165, 1.54) is 36.4 Å². The third kappa shape index (κ3) is 5.60. The van der Waals surface area contributed by atoms with Gasteiger partial charge in [0.1, 0.15) is 11.6 Å². The second-order valence-corrected chi connectivity index (χ2v) is 10.1. The van der Waals surface area contributed by atoms with E-state index >= 15 is 0 Å². The number of benzene rings is 2. The number of aromatic amines is 2. The first-order chi connectivity index (χ1) is 17.0. The van der Waals surface area contributed by atoms with Crippen molar-refractivity contribution in [3.8, 4) is 11.4 Å². The number of aliphatic hydroxyl groups is 2. The summed E-state index contributed by atoms with van der Waals surface area (Å²) in [4.78, 5) is 32.8. The molecule has 4 rings (SSSR count). The van der Waals surface area contributed by atoms with Crippen molar-refractivity contribution in [1.82, 2.24) is 19.7 Å². The van der Waals surface area contributed by atoms with Gasteiger partial charge in [-0.3, -0.25) is 9.59 Å². The van der Waals surface area contributed by atoms with Gasteiger partial charge in [0.05, 0.1) is 45.6 Å². The van der Waals surface area contributed by atoms with E-state index in [2.05, 4.69) is 19.7 Å². The maximum absolute atomic E-state index is 14.2. The molecule has 0 saturated carbocycles. The number of imidazole rings is 1. The van der Waals surface area contributed by atoms with Gasteiger partial charge in [-0.2, -0.15) is 0 Å². The van der Waals surface area contributed by atoms with Gasteiger partial charge in [0.15, 0.2) is 0 Å². The lowest BCUT2D eigenvalue weighted by Gasteiger charge is -2.14. The van der Waals surface area contributed by atoms with Crippen LogP contribution in [0.5, 0.6) is 0 Å². The van der Waals surface area contributed by atoms with Crippen LogP contribution in [0.1, 0.15) is 19.3 Å². The SMILES string of the molecule is O=C(O)CC(O)CC(O)CCNS(=O)(=O)c1ccc2nc(-c3cc4c(F)cccc4[nH]c3=O)[nH]c2c1. The Morgan fingerprint density at radius 2 is 1.86 bits per heavy atom. The molecule has 6 N–H and O–H groups in total. The molecule has 0 bridgehead atoms. The molecule has 2 unspecified atom stereocenters. The minimum Gasteiger partial charge on any atom is -0.481 e. The normalized spacial score (nSPS) is 13.8. The lowest BCUT2D eigenvalue weighted by Crippen LogP contribution is -2.29. The molecule has 0 radical (unpaired) electrons. The van der Waals surface area contributed by atoms with Crippen molar-refractivity contribution < 1.29 is 32.9 Å². The van der Waals surface area contributed by atoms with Crippen LogP contribution < -0.4 is 10.3 Å². The summed E-state index contributed by atoms with van der Waals surface area (Å²) in [5.74, 6) is -1.57. The number of halogens is 1. The average Bonchev–Trinajstić information content (AvgIpc) is 3.21. The molecule has 2 aromatic heterocycles. The number of carbonyl (C=O) groups is 1. The fraction of sp³-hybridized carbons (Fsp3) is 0.261. The fourth-order valence-corrected chi connectivity index (χ4v) is 4.89. The summed E-state index contributed by atoms with van der Waals surface area (Å²) < 4.78 is 41.9. The van der Waals surface area contributed by atoms with Crippen LogP contribution in [-0.2, 0) is 14.8 Å². The number of fused-ring (bicyclic) bond motifs is 2. The Morgan fingerprint density at radius 1 is 1.08 bits per heavy atom. The van der Waals surface area contributed by atoms with Crippen molar-refractivity contribution in [2.45, 2.75) is 36.4 Å². The third-order valence-corrected chi connectivity index (χ3v) is 7.04. The first kappa shape index (κ1) is 25.4. The van der Waals surface area contributed by atoms with Crippen molar-refractivity contribution in [1.29, 1.82) is 0 Å². The standard InChI is InChI=1S/C23H23FN4O7S/c24-17-2-1-3-18-15(17)11-16(23(33)28-18)22-26-19-5-4-14(10-20(19)27-22)36(34,35)25-7-6-12(29)8-13(30)9-21(31)32/h1-5,10-13,25,29-30H,6-9H2,(H,26,27)(H,28,33)(H,31,32). The van der Waals surface area contributed by atoms with E-state index in [1.54, 1.807) is 6.07 Å². The molecule has 4 aromatic rings. The van der Waals surface area contributed by atoms with Gasteiger partial charge < -0.3 is 25.3 Å². The fourth-order valence-electron chi connectivity index (χ4n) is 3.81. The van der Waals surface area contributed by atoms with Gasteiger partial charge in [-0.25, -0.2) is 22.5 Å². The summed E-state index contributed by atoms with van der Waals surface area (Å²) in [5, 5.41) is 28.3. The minimum atomic E-state index is -3.98. The van der Waals surface area contributed by atoms with Gasteiger partial charge in [-0.1, -0.05) is 6.07 Å². The zero-order valence-corrected chi connectivity index (χ0v) is 19.5. The molecular weight excluding hydrogens is 495 g/mol. The number of aliphatic hydroxyl groups excluding tert-OH is 2. The highest BCUT2D eigenvalue weighted by atomic mass is 32.2. The van der Waals surface area contributed by atoms with Crippen LogP contribution in [0.4, 0.5) is 4.39 Å². The van der Waals surface area contributed by atoms with E-state index in [0.29, 0.717) is 16.6 Å². The molecule has 0 saturated heterocycles. The van der Waals surface area contributed by atoms with Crippen molar-refractivity contribution in [2.75, 3.05) is 6.54 Å². The Balaban J connectivity index is 1.51. The third-order valence-electron chi connectivity index (χ3n) is 5.58. The van der Waals surface area contributed by atoms with Gasteiger partial charge >= 0.3 is 5.97 Å². The molecule has 0 aliphatic heterocycles. The molecule has 36 heavy (non-hydrogen) atoms. The summed E-state index contributed by atoms with van der Waals surface area (Å²) in [6.07, 6.45) is -3.08. The van der Waals surface area contributed by atoms with Gasteiger partial charge in [0.25, 0.3) is 5.56 Å². The van der Waals surface area contributed by atoms with Crippen LogP contribution >= 0.6 is 0 Å². The number of sulfonamides is 1. The highest BCUT2D eigenvalue weighted by molar-refractivity contribution is 7.89. The number of H-pyrrole nitrogens is 2. The second kappa shape index (κ2) is 10.1. The molecule has 2 heterocycles. The number of carboxylic acid groups (broad SMARTS) is 1. The van der Waals surface area contributed by atoms with E-state index in [0.717, 1.165) is 0 Å². The quantitative estimate of drug-likeness (QED) is 0.182. The molecule has 11 nitrogen and oxygen atoms in total. The predicted molar refractivity (Wildman–Crippen MR) is 128 cm³/mol. The first-order valence-corrected chi connectivity index (χ1v) is 12.4. The number of rotatable bonds is 10. The zero-order valence-electron chi connectivity index (χ0n) is 18.7. The average molecular weight is 519 g/mol. The van der Waals surface area contributed by atoms with Crippen molar-refractivity contribution in [2.24, 2.45) is 0 Å². The molecule has 2 atom stereocenters.